The average molecular weight is 262 g/mol. The highest BCUT2D eigenvalue weighted by atomic mass is 35.5. The van der Waals surface area contributed by atoms with E-state index in [0.717, 1.165) is 0 Å². The Kier molecular flexibility index (Phi) is 4.58. The molecular formula is C10H9Cl2NO3. The van der Waals surface area contributed by atoms with Gasteiger partial charge in [0.15, 0.2) is 0 Å². The van der Waals surface area contributed by atoms with Gasteiger partial charge in [0.2, 0.25) is 5.91 Å². The van der Waals surface area contributed by atoms with Crippen molar-refractivity contribution in [2.45, 2.75) is 6.42 Å². The maximum absolute atomic E-state index is 11.3. The van der Waals surface area contributed by atoms with E-state index in [1.807, 2.05) is 0 Å². The van der Waals surface area contributed by atoms with Crippen molar-refractivity contribution in [1.29, 1.82) is 0 Å². The smallest absolute Gasteiger partial charge is 0.322 e. The Labute approximate surface area is 102 Å². The van der Waals surface area contributed by atoms with E-state index in [0.29, 0.717) is 15.6 Å². The third-order valence-corrected chi connectivity index (χ3v) is 2.16. The topological polar surface area (TPSA) is 66.4 Å². The lowest BCUT2D eigenvalue weighted by Crippen LogP contribution is -2.30. The number of carboxylic acid groups (broad SMARTS) is 1. The Bertz CT molecular complexity index is 400. The van der Waals surface area contributed by atoms with Crippen LogP contribution < -0.4 is 5.32 Å². The Morgan fingerprint density at radius 2 is 1.75 bits per heavy atom. The van der Waals surface area contributed by atoms with Crippen molar-refractivity contribution in [2.24, 2.45) is 0 Å². The number of benzene rings is 1. The standard InChI is InChI=1S/C10H9Cl2NO3/c11-7-1-6(2-8(12)4-7)3-9(14)13-5-10(15)16/h1-2,4H,3,5H2,(H,13,14)(H,15,16). The quantitative estimate of drug-likeness (QED) is 0.868. The fourth-order valence-corrected chi connectivity index (χ4v) is 1.71. The molecule has 0 spiro atoms. The average Bonchev–Trinajstić information content (AvgIpc) is 2.12. The van der Waals surface area contributed by atoms with Gasteiger partial charge in [0.25, 0.3) is 0 Å². The van der Waals surface area contributed by atoms with E-state index in [9.17, 15) is 9.59 Å². The molecule has 0 aliphatic rings. The van der Waals surface area contributed by atoms with E-state index < -0.39 is 12.5 Å². The first kappa shape index (κ1) is 12.8. The van der Waals surface area contributed by atoms with Crippen LogP contribution in [0.1, 0.15) is 5.56 Å². The van der Waals surface area contributed by atoms with Crippen molar-refractivity contribution < 1.29 is 14.7 Å². The Hall–Kier alpha value is -1.26. The van der Waals surface area contributed by atoms with E-state index in [2.05, 4.69) is 5.32 Å². The van der Waals surface area contributed by atoms with Crippen LogP contribution in [0.3, 0.4) is 0 Å². The van der Waals surface area contributed by atoms with Crippen LogP contribution in [0.25, 0.3) is 0 Å². The highest BCUT2D eigenvalue weighted by Crippen LogP contribution is 2.19. The minimum Gasteiger partial charge on any atom is -0.480 e. The van der Waals surface area contributed by atoms with Crippen LogP contribution in [-0.2, 0) is 16.0 Å². The molecule has 0 atom stereocenters. The van der Waals surface area contributed by atoms with Gasteiger partial charge < -0.3 is 10.4 Å². The molecule has 1 rings (SSSR count). The fraction of sp³-hybridized carbons (Fsp3) is 0.200. The van der Waals surface area contributed by atoms with Crippen LogP contribution in [0.5, 0.6) is 0 Å². The van der Waals surface area contributed by atoms with E-state index in [4.69, 9.17) is 28.3 Å². The summed E-state index contributed by atoms with van der Waals surface area (Å²) in [7, 11) is 0. The minimum atomic E-state index is -1.09. The van der Waals surface area contributed by atoms with Gasteiger partial charge in [-0.15, -0.1) is 0 Å². The van der Waals surface area contributed by atoms with Crippen molar-refractivity contribution in [3.63, 3.8) is 0 Å². The molecule has 0 saturated carbocycles. The zero-order valence-corrected chi connectivity index (χ0v) is 9.68. The van der Waals surface area contributed by atoms with Gasteiger partial charge in [0.1, 0.15) is 6.54 Å². The first-order valence-corrected chi connectivity index (χ1v) is 5.16. The number of halogens is 2. The van der Waals surface area contributed by atoms with Gasteiger partial charge in [0, 0.05) is 10.0 Å². The van der Waals surface area contributed by atoms with Gasteiger partial charge in [-0.1, -0.05) is 23.2 Å². The monoisotopic (exact) mass is 261 g/mol. The molecule has 0 saturated heterocycles. The summed E-state index contributed by atoms with van der Waals surface area (Å²) in [5.41, 5.74) is 0.639. The van der Waals surface area contributed by atoms with E-state index in [1.54, 1.807) is 18.2 Å². The summed E-state index contributed by atoms with van der Waals surface area (Å²) in [6, 6.07) is 4.77. The summed E-state index contributed by atoms with van der Waals surface area (Å²) in [6.45, 7) is -0.396. The number of carbonyl (C=O) groups excluding carboxylic acids is 1. The molecule has 0 aromatic heterocycles. The van der Waals surface area contributed by atoms with Crippen LogP contribution >= 0.6 is 23.2 Å². The fourth-order valence-electron chi connectivity index (χ4n) is 1.14. The van der Waals surface area contributed by atoms with Crippen molar-refractivity contribution in [3.05, 3.63) is 33.8 Å². The minimum absolute atomic E-state index is 0.0492. The third kappa shape index (κ3) is 4.51. The third-order valence-electron chi connectivity index (χ3n) is 1.72. The molecule has 86 valence electrons. The number of aliphatic carboxylic acids is 1. The molecule has 1 aromatic rings. The van der Waals surface area contributed by atoms with Gasteiger partial charge >= 0.3 is 5.97 Å². The van der Waals surface area contributed by atoms with Crippen LogP contribution in [0.2, 0.25) is 10.0 Å². The molecule has 0 radical (unpaired) electrons. The summed E-state index contributed by atoms with van der Waals surface area (Å²) < 4.78 is 0. The van der Waals surface area contributed by atoms with Crippen LogP contribution in [0.4, 0.5) is 0 Å². The predicted octanol–water partition coefficient (Wildman–Crippen LogP) is 1.74. The highest BCUT2D eigenvalue weighted by Gasteiger charge is 2.06. The molecule has 1 amide bonds. The van der Waals surface area contributed by atoms with Gasteiger partial charge in [0.05, 0.1) is 6.42 Å². The maximum atomic E-state index is 11.3. The number of amides is 1. The summed E-state index contributed by atoms with van der Waals surface area (Å²) in [4.78, 5) is 21.5. The Balaban J connectivity index is 2.59. The van der Waals surface area contributed by atoms with Gasteiger partial charge in [-0.3, -0.25) is 9.59 Å². The zero-order chi connectivity index (χ0) is 12.1. The van der Waals surface area contributed by atoms with Gasteiger partial charge in [-0.25, -0.2) is 0 Å². The summed E-state index contributed by atoms with van der Waals surface area (Å²) in [5, 5.41) is 11.5. The second-order valence-corrected chi connectivity index (χ2v) is 4.00. The van der Waals surface area contributed by atoms with Crippen LogP contribution in [-0.4, -0.2) is 23.5 Å². The molecule has 0 bridgehead atoms. The van der Waals surface area contributed by atoms with Crippen LogP contribution in [0, 0.1) is 0 Å². The van der Waals surface area contributed by atoms with E-state index in [-0.39, 0.29) is 12.3 Å². The molecule has 6 heteroatoms. The molecule has 0 aliphatic carbocycles. The summed E-state index contributed by atoms with van der Waals surface area (Å²) in [6.07, 6.45) is 0.0492. The van der Waals surface area contributed by atoms with Crippen LogP contribution in [0.15, 0.2) is 18.2 Å². The van der Waals surface area contributed by atoms with Crippen molar-refractivity contribution in [2.75, 3.05) is 6.54 Å². The number of hydrogen-bond acceptors (Lipinski definition) is 2. The van der Waals surface area contributed by atoms with Crippen molar-refractivity contribution >= 4 is 35.1 Å². The highest BCUT2D eigenvalue weighted by molar-refractivity contribution is 6.34. The lowest BCUT2D eigenvalue weighted by molar-refractivity contribution is -0.137. The molecular weight excluding hydrogens is 253 g/mol. The molecule has 16 heavy (non-hydrogen) atoms. The number of carboxylic acids is 1. The van der Waals surface area contributed by atoms with E-state index in [1.165, 1.54) is 0 Å². The molecule has 4 nitrogen and oxygen atoms in total. The lowest BCUT2D eigenvalue weighted by Gasteiger charge is -2.03. The molecule has 0 fully saturated rings. The van der Waals surface area contributed by atoms with E-state index >= 15 is 0 Å². The zero-order valence-electron chi connectivity index (χ0n) is 8.17. The van der Waals surface area contributed by atoms with Crippen molar-refractivity contribution in [3.8, 4) is 0 Å². The molecule has 1 aromatic carbocycles. The molecule has 0 unspecified atom stereocenters. The number of rotatable bonds is 4. The first-order chi connectivity index (χ1) is 7.47. The first-order valence-electron chi connectivity index (χ1n) is 4.41. The normalized spacial score (nSPS) is 9.88. The number of hydrogen-bond donors (Lipinski definition) is 2. The predicted molar refractivity (Wildman–Crippen MR) is 60.8 cm³/mol. The molecule has 0 heterocycles. The Morgan fingerprint density at radius 1 is 1.19 bits per heavy atom. The second kappa shape index (κ2) is 5.72. The van der Waals surface area contributed by atoms with Gasteiger partial charge in [-0.2, -0.15) is 0 Å². The number of nitrogens with one attached hydrogen (secondary N) is 1. The molecule has 0 aliphatic heterocycles. The SMILES string of the molecule is O=C(O)CNC(=O)Cc1cc(Cl)cc(Cl)c1. The van der Waals surface area contributed by atoms with Gasteiger partial charge in [-0.05, 0) is 23.8 Å². The largest absolute Gasteiger partial charge is 0.480 e. The molecule has 2 N–H and O–H groups in total. The maximum Gasteiger partial charge on any atom is 0.322 e. The summed E-state index contributed by atoms with van der Waals surface area (Å²) >= 11 is 11.5. The second-order valence-electron chi connectivity index (χ2n) is 3.12. The lowest BCUT2D eigenvalue weighted by atomic mass is 10.1. The summed E-state index contributed by atoms with van der Waals surface area (Å²) in [5.74, 6) is -1.47. The van der Waals surface area contributed by atoms with Crippen molar-refractivity contribution in [1.82, 2.24) is 5.32 Å². The number of carbonyl (C=O) groups is 2. The Morgan fingerprint density at radius 3 is 2.25 bits per heavy atom.